The maximum atomic E-state index is 12.7. The van der Waals surface area contributed by atoms with Crippen molar-refractivity contribution in [3.05, 3.63) is 64.5 Å². The van der Waals surface area contributed by atoms with Gasteiger partial charge in [0.2, 0.25) is 0 Å². The minimum atomic E-state index is -3.92. The van der Waals surface area contributed by atoms with E-state index in [1.165, 1.54) is 6.07 Å². The first-order valence-corrected chi connectivity index (χ1v) is 8.74. The predicted octanol–water partition coefficient (Wildman–Crippen LogP) is 2.94. The number of anilines is 2. The number of hydrogen-bond acceptors (Lipinski definition) is 5. The summed E-state index contributed by atoms with van der Waals surface area (Å²) in [6.07, 6.45) is 0. The van der Waals surface area contributed by atoms with E-state index < -0.39 is 15.6 Å². The Morgan fingerprint density at radius 2 is 1.62 bits per heavy atom. The van der Waals surface area contributed by atoms with Gasteiger partial charge in [-0.25, -0.2) is 13.2 Å². The number of fused-ring (bicyclic) bond motifs is 1. The maximum absolute atomic E-state index is 12.7. The van der Waals surface area contributed by atoms with E-state index in [0.717, 1.165) is 0 Å². The molecule has 0 amide bonds. The van der Waals surface area contributed by atoms with Gasteiger partial charge in [-0.05, 0) is 30.7 Å². The van der Waals surface area contributed by atoms with Crippen molar-refractivity contribution in [1.29, 1.82) is 0 Å². The number of benzene rings is 2. The standard InChI is InChI=1S/C17H16N2O4S/c1-11-7-3-6-10-14(11)24(21,22)19-16-15(18-2)12-8-4-5-9-13(12)23-17(16)20/h3-10,18-19H,1-2H3. The third kappa shape index (κ3) is 2.74. The van der Waals surface area contributed by atoms with Gasteiger partial charge in [-0.2, -0.15) is 0 Å². The number of nitrogens with one attached hydrogen (secondary N) is 2. The van der Waals surface area contributed by atoms with Gasteiger partial charge >= 0.3 is 5.63 Å². The van der Waals surface area contributed by atoms with E-state index in [1.807, 2.05) is 0 Å². The zero-order valence-electron chi connectivity index (χ0n) is 13.2. The summed E-state index contributed by atoms with van der Waals surface area (Å²) in [6.45, 7) is 1.69. The molecule has 7 heteroatoms. The van der Waals surface area contributed by atoms with Crippen LogP contribution in [0, 0.1) is 6.92 Å². The third-order valence-corrected chi connectivity index (χ3v) is 5.19. The van der Waals surface area contributed by atoms with Gasteiger partial charge in [0.25, 0.3) is 10.0 Å². The van der Waals surface area contributed by atoms with Crippen LogP contribution in [-0.2, 0) is 10.0 Å². The van der Waals surface area contributed by atoms with Crippen LogP contribution in [0.1, 0.15) is 5.56 Å². The van der Waals surface area contributed by atoms with Crippen LogP contribution in [0.2, 0.25) is 0 Å². The van der Waals surface area contributed by atoms with Crippen LogP contribution in [0.3, 0.4) is 0 Å². The van der Waals surface area contributed by atoms with Gasteiger partial charge in [0.15, 0.2) is 5.69 Å². The molecule has 3 rings (SSSR count). The van der Waals surface area contributed by atoms with Gasteiger partial charge in [-0.3, -0.25) is 4.72 Å². The molecule has 3 aromatic rings. The minimum Gasteiger partial charge on any atom is -0.421 e. The topological polar surface area (TPSA) is 88.4 Å². The van der Waals surface area contributed by atoms with Gasteiger partial charge in [-0.15, -0.1) is 0 Å². The molecule has 0 unspecified atom stereocenters. The number of rotatable bonds is 4. The summed E-state index contributed by atoms with van der Waals surface area (Å²) in [4.78, 5) is 12.4. The van der Waals surface area contributed by atoms with Crippen molar-refractivity contribution in [3.63, 3.8) is 0 Å². The number of para-hydroxylation sites is 1. The summed E-state index contributed by atoms with van der Waals surface area (Å²) in [5, 5.41) is 3.49. The summed E-state index contributed by atoms with van der Waals surface area (Å²) in [6, 6.07) is 13.5. The van der Waals surface area contributed by atoms with Crippen molar-refractivity contribution in [2.45, 2.75) is 11.8 Å². The van der Waals surface area contributed by atoms with Crippen molar-refractivity contribution in [2.75, 3.05) is 17.1 Å². The summed E-state index contributed by atoms with van der Waals surface area (Å²) in [7, 11) is -2.30. The smallest absolute Gasteiger partial charge is 0.363 e. The first kappa shape index (κ1) is 16.1. The molecule has 0 saturated heterocycles. The highest BCUT2D eigenvalue weighted by molar-refractivity contribution is 7.92. The molecule has 1 heterocycles. The molecule has 2 N–H and O–H groups in total. The van der Waals surface area contributed by atoms with Crippen LogP contribution >= 0.6 is 0 Å². The monoisotopic (exact) mass is 344 g/mol. The fraction of sp³-hybridized carbons (Fsp3) is 0.118. The van der Waals surface area contributed by atoms with Crippen molar-refractivity contribution in [2.24, 2.45) is 0 Å². The lowest BCUT2D eigenvalue weighted by molar-refractivity contribution is 0.563. The molecule has 0 aliphatic rings. The zero-order valence-corrected chi connectivity index (χ0v) is 14.0. The number of hydrogen-bond donors (Lipinski definition) is 2. The zero-order chi connectivity index (χ0) is 17.3. The lowest BCUT2D eigenvalue weighted by Gasteiger charge is -2.14. The molecular weight excluding hydrogens is 328 g/mol. The molecule has 1 aromatic heterocycles. The normalized spacial score (nSPS) is 11.4. The Morgan fingerprint density at radius 1 is 0.958 bits per heavy atom. The highest BCUT2D eigenvalue weighted by atomic mass is 32.2. The molecule has 124 valence electrons. The van der Waals surface area contributed by atoms with E-state index in [9.17, 15) is 13.2 Å². The molecular formula is C17H16N2O4S. The lowest BCUT2D eigenvalue weighted by atomic mass is 10.2. The molecule has 24 heavy (non-hydrogen) atoms. The molecule has 0 fully saturated rings. The first-order chi connectivity index (χ1) is 11.4. The average Bonchev–Trinajstić information content (AvgIpc) is 2.55. The fourth-order valence-electron chi connectivity index (χ4n) is 2.55. The molecule has 2 aromatic carbocycles. The van der Waals surface area contributed by atoms with Gasteiger partial charge in [0.1, 0.15) is 5.58 Å². The molecule has 0 bridgehead atoms. The summed E-state index contributed by atoms with van der Waals surface area (Å²) in [5.41, 5.74) is 0.445. The highest BCUT2D eigenvalue weighted by Gasteiger charge is 2.22. The summed E-state index contributed by atoms with van der Waals surface area (Å²) >= 11 is 0. The minimum absolute atomic E-state index is 0.111. The Balaban J connectivity index is 2.19. The van der Waals surface area contributed by atoms with E-state index >= 15 is 0 Å². The first-order valence-electron chi connectivity index (χ1n) is 7.26. The third-order valence-electron chi connectivity index (χ3n) is 3.68. The Labute approximate surface area is 139 Å². The van der Waals surface area contributed by atoms with Gasteiger partial charge < -0.3 is 9.73 Å². The van der Waals surface area contributed by atoms with E-state index in [-0.39, 0.29) is 10.6 Å². The van der Waals surface area contributed by atoms with Crippen molar-refractivity contribution >= 4 is 32.4 Å². The summed E-state index contributed by atoms with van der Waals surface area (Å²) in [5.74, 6) is 0. The Hall–Kier alpha value is -2.80. The van der Waals surface area contributed by atoms with Crippen LogP contribution in [0.15, 0.2) is 62.6 Å². The van der Waals surface area contributed by atoms with Crippen LogP contribution < -0.4 is 15.7 Å². The maximum Gasteiger partial charge on any atom is 0.363 e. The van der Waals surface area contributed by atoms with Crippen LogP contribution in [-0.4, -0.2) is 15.5 Å². The van der Waals surface area contributed by atoms with E-state index in [0.29, 0.717) is 22.2 Å². The molecule has 0 radical (unpaired) electrons. The highest BCUT2D eigenvalue weighted by Crippen LogP contribution is 2.29. The molecule has 0 spiro atoms. The molecule has 0 saturated carbocycles. The predicted molar refractivity (Wildman–Crippen MR) is 94.0 cm³/mol. The largest absolute Gasteiger partial charge is 0.421 e. The Kier molecular flexibility index (Phi) is 4.02. The Bertz CT molecular complexity index is 1070. The number of aryl methyl sites for hydroxylation is 1. The summed E-state index contributed by atoms with van der Waals surface area (Å²) < 4.78 is 32.9. The van der Waals surface area contributed by atoms with Gasteiger partial charge in [0, 0.05) is 12.4 Å². The van der Waals surface area contributed by atoms with Crippen molar-refractivity contribution in [3.8, 4) is 0 Å². The second-order valence-electron chi connectivity index (χ2n) is 5.26. The molecule has 0 atom stereocenters. The lowest BCUT2D eigenvalue weighted by Crippen LogP contribution is -2.20. The SMILES string of the molecule is CNc1c(NS(=O)(=O)c2ccccc2C)c(=O)oc2ccccc12. The molecule has 6 nitrogen and oxygen atoms in total. The molecule has 0 aliphatic carbocycles. The quantitative estimate of drug-likeness (QED) is 0.711. The van der Waals surface area contributed by atoms with E-state index in [1.54, 1.807) is 56.4 Å². The van der Waals surface area contributed by atoms with Crippen LogP contribution in [0.4, 0.5) is 11.4 Å². The van der Waals surface area contributed by atoms with E-state index in [4.69, 9.17) is 4.42 Å². The van der Waals surface area contributed by atoms with Crippen LogP contribution in [0.5, 0.6) is 0 Å². The second kappa shape index (κ2) is 6.01. The van der Waals surface area contributed by atoms with Gasteiger partial charge in [-0.1, -0.05) is 30.3 Å². The van der Waals surface area contributed by atoms with Crippen LogP contribution in [0.25, 0.3) is 11.0 Å². The van der Waals surface area contributed by atoms with Crippen molar-refractivity contribution in [1.82, 2.24) is 0 Å². The van der Waals surface area contributed by atoms with Gasteiger partial charge in [0.05, 0.1) is 10.6 Å². The second-order valence-corrected chi connectivity index (χ2v) is 6.91. The van der Waals surface area contributed by atoms with Crippen molar-refractivity contribution < 1.29 is 12.8 Å². The average molecular weight is 344 g/mol. The molecule has 0 aliphatic heterocycles. The fourth-order valence-corrected chi connectivity index (χ4v) is 3.86. The van der Waals surface area contributed by atoms with E-state index in [2.05, 4.69) is 10.0 Å². The number of sulfonamides is 1. The Morgan fingerprint density at radius 3 is 2.33 bits per heavy atom.